The Balaban J connectivity index is 2.21. The number of aromatic nitrogens is 2. The quantitative estimate of drug-likeness (QED) is 0.489. The molecular weight excluding hydrogens is 258 g/mol. The molecule has 4 unspecified atom stereocenters. The molecule has 0 radical (unpaired) electrons. The number of hydrogen-bond donors (Lipinski definition) is 4. The third-order valence-corrected chi connectivity index (χ3v) is 2.86. The molecule has 9 nitrogen and oxygen atoms in total. The molecule has 0 amide bonds. The number of ether oxygens (including phenoxy) is 1. The van der Waals surface area contributed by atoms with Gasteiger partial charge in [0.2, 0.25) is 0 Å². The van der Waals surface area contributed by atoms with E-state index in [4.69, 9.17) is 15.6 Å². The minimum atomic E-state index is -1.86. The number of nitrogen functional groups attached to an aromatic ring is 1. The molecule has 1 saturated heterocycles. The smallest absolute Gasteiger partial charge is 0.351 e. The molecule has 2 heterocycles. The lowest BCUT2D eigenvalue weighted by Crippen LogP contribution is -2.40. The van der Waals surface area contributed by atoms with Crippen LogP contribution in [0.5, 0.6) is 0 Å². The highest BCUT2D eigenvalue weighted by Crippen LogP contribution is 2.29. The molecule has 0 aromatic carbocycles. The van der Waals surface area contributed by atoms with E-state index in [1.54, 1.807) is 0 Å². The molecule has 19 heavy (non-hydrogen) atoms. The molecule has 0 saturated carbocycles. The van der Waals surface area contributed by atoms with Crippen molar-refractivity contribution in [2.24, 2.45) is 0 Å². The Bertz CT molecular complexity index is 544. The Morgan fingerprint density at radius 1 is 1.63 bits per heavy atom. The summed E-state index contributed by atoms with van der Waals surface area (Å²) in [6.45, 7) is 0. The number of aliphatic carboxylic acids is 1. The first-order valence-electron chi connectivity index (χ1n) is 5.49. The van der Waals surface area contributed by atoms with Crippen LogP contribution in [0, 0.1) is 0 Å². The fourth-order valence-corrected chi connectivity index (χ4v) is 1.92. The molecule has 1 fully saturated rings. The van der Waals surface area contributed by atoms with Gasteiger partial charge in [-0.1, -0.05) is 0 Å². The number of nitrogens with zero attached hydrogens (tertiary/aromatic N) is 2. The van der Waals surface area contributed by atoms with E-state index in [1.807, 2.05) is 0 Å². The second kappa shape index (κ2) is 4.96. The number of aliphatic hydroxyl groups is 2. The van der Waals surface area contributed by atoms with Crippen molar-refractivity contribution in [3.63, 3.8) is 0 Å². The van der Waals surface area contributed by atoms with E-state index in [-0.39, 0.29) is 12.2 Å². The standard InChI is InChI=1S/C10H13N3O6/c11-5-1-2-13(10(18)12-5)6-3-4(14)8(19-6)7(15)9(16)17/h1-2,4,6-8,14-15H,3H2,(H,16,17)(H2,11,12,18). The first-order chi connectivity index (χ1) is 8.90. The largest absolute Gasteiger partial charge is 0.479 e. The Hall–Kier alpha value is -1.97. The van der Waals surface area contributed by atoms with Gasteiger partial charge in [0, 0.05) is 12.6 Å². The van der Waals surface area contributed by atoms with Gasteiger partial charge in [-0.15, -0.1) is 0 Å². The average Bonchev–Trinajstić information content (AvgIpc) is 2.69. The molecule has 5 N–H and O–H groups in total. The third-order valence-electron chi connectivity index (χ3n) is 2.86. The number of aliphatic hydroxyl groups excluding tert-OH is 2. The Kier molecular flexibility index (Phi) is 3.51. The van der Waals surface area contributed by atoms with E-state index in [2.05, 4.69) is 4.98 Å². The topological polar surface area (TPSA) is 148 Å². The van der Waals surface area contributed by atoms with Gasteiger partial charge in [0.15, 0.2) is 6.10 Å². The molecule has 0 bridgehead atoms. The summed E-state index contributed by atoms with van der Waals surface area (Å²) < 4.78 is 6.28. The van der Waals surface area contributed by atoms with Crippen molar-refractivity contribution < 1.29 is 24.9 Å². The first-order valence-corrected chi connectivity index (χ1v) is 5.49. The van der Waals surface area contributed by atoms with Gasteiger partial charge in [0.1, 0.15) is 18.1 Å². The van der Waals surface area contributed by atoms with Crippen LogP contribution >= 0.6 is 0 Å². The monoisotopic (exact) mass is 271 g/mol. The van der Waals surface area contributed by atoms with Gasteiger partial charge >= 0.3 is 11.7 Å². The van der Waals surface area contributed by atoms with E-state index < -0.39 is 36.2 Å². The number of nitrogens with two attached hydrogens (primary N) is 1. The molecule has 0 spiro atoms. The van der Waals surface area contributed by atoms with Gasteiger partial charge in [-0.2, -0.15) is 4.98 Å². The summed E-state index contributed by atoms with van der Waals surface area (Å²) in [6.07, 6.45) is -3.95. The molecule has 0 aliphatic carbocycles. The van der Waals surface area contributed by atoms with E-state index >= 15 is 0 Å². The fourth-order valence-electron chi connectivity index (χ4n) is 1.92. The summed E-state index contributed by atoms with van der Waals surface area (Å²) in [6, 6.07) is 1.37. The van der Waals surface area contributed by atoms with Crippen molar-refractivity contribution in [3.05, 3.63) is 22.7 Å². The van der Waals surface area contributed by atoms with Crippen LogP contribution in [-0.2, 0) is 9.53 Å². The number of anilines is 1. The lowest BCUT2D eigenvalue weighted by Gasteiger charge is -2.18. The zero-order valence-electron chi connectivity index (χ0n) is 9.71. The van der Waals surface area contributed by atoms with Crippen molar-refractivity contribution in [2.45, 2.75) is 31.0 Å². The minimum absolute atomic E-state index is 0.0273. The maximum absolute atomic E-state index is 11.6. The molecular formula is C10H13N3O6. The molecule has 2 rings (SSSR count). The van der Waals surface area contributed by atoms with E-state index in [0.717, 1.165) is 4.57 Å². The molecule has 1 aliphatic heterocycles. The summed E-state index contributed by atoms with van der Waals surface area (Å²) in [5.41, 5.74) is 4.66. The highest BCUT2D eigenvalue weighted by molar-refractivity contribution is 5.72. The van der Waals surface area contributed by atoms with Crippen molar-refractivity contribution in [1.29, 1.82) is 0 Å². The molecule has 1 aromatic rings. The SMILES string of the molecule is Nc1ccn(C2CC(O)C(C(O)C(=O)O)O2)c(=O)n1. The zero-order chi connectivity index (χ0) is 14.2. The van der Waals surface area contributed by atoms with Gasteiger partial charge in [0.25, 0.3) is 0 Å². The number of rotatable bonds is 3. The van der Waals surface area contributed by atoms with Crippen molar-refractivity contribution in [2.75, 3.05) is 5.73 Å². The van der Waals surface area contributed by atoms with Gasteiger partial charge in [-0.05, 0) is 6.07 Å². The number of hydrogen-bond acceptors (Lipinski definition) is 7. The van der Waals surface area contributed by atoms with Crippen LogP contribution in [-0.4, -0.2) is 49.2 Å². The highest BCUT2D eigenvalue weighted by Gasteiger charge is 2.42. The Labute approximate surface area is 106 Å². The summed E-state index contributed by atoms with van der Waals surface area (Å²) in [7, 11) is 0. The van der Waals surface area contributed by atoms with Gasteiger partial charge in [-0.3, -0.25) is 4.57 Å². The molecule has 104 valence electrons. The first kappa shape index (κ1) is 13.5. The predicted octanol–water partition coefficient (Wildman–Crippen LogP) is -2.08. The second-order valence-corrected chi connectivity index (χ2v) is 4.18. The van der Waals surface area contributed by atoms with Crippen LogP contribution < -0.4 is 11.4 Å². The number of carboxylic acid groups (broad SMARTS) is 1. The predicted molar refractivity (Wildman–Crippen MR) is 61.1 cm³/mol. The van der Waals surface area contributed by atoms with E-state index in [0.29, 0.717) is 0 Å². The van der Waals surface area contributed by atoms with E-state index in [1.165, 1.54) is 12.3 Å². The van der Waals surface area contributed by atoms with Crippen molar-refractivity contribution in [1.82, 2.24) is 9.55 Å². The van der Waals surface area contributed by atoms with Gasteiger partial charge < -0.3 is 25.8 Å². The number of carboxylic acids is 1. The second-order valence-electron chi connectivity index (χ2n) is 4.18. The average molecular weight is 271 g/mol. The highest BCUT2D eigenvalue weighted by atomic mass is 16.5. The summed E-state index contributed by atoms with van der Waals surface area (Å²) >= 11 is 0. The molecule has 4 atom stereocenters. The van der Waals surface area contributed by atoms with Crippen LogP contribution in [0.4, 0.5) is 5.82 Å². The lowest BCUT2D eigenvalue weighted by atomic mass is 10.1. The summed E-state index contributed by atoms with van der Waals surface area (Å²) in [5.74, 6) is -1.46. The minimum Gasteiger partial charge on any atom is -0.479 e. The van der Waals surface area contributed by atoms with Crippen LogP contribution in [0.2, 0.25) is 0 Å². The van der Waals surface area contributed by atoms with Crippen LogP contribution in [0.15, 0.2) is 17.1 Å². The molecule has 1 aromatic heterocycles. The maximum Gasteiger partial charge on any atom is 0.351 e. The molecule has 1 aliphatic rings. The summed E-state index contributed by atoms with van der Waals surface area (Å²) in [4.78, 5) is 25.7. The van der Waals surface area contributed by atoms with Crippen LogP contribution in [0.1, 0.15) is 12.6 Å². The fraction of sp³-hybridized carbons (Fsp3) is 0.500. The van der Waals surface area contributed by atoms with Gasteiger partial charge in [-0.25, -0.2) is 9.59 Å². The summed E-state index contributed by atoms with van der Waals surface area (Å²) in [5, 5.41) is 27.7. The maximum atomic E-state index is 11.6. The van der Waals surface area contributed by atoms with E-state index in [9.17, 15) is 19.8 Å². The van der Waals surface area contributed by atoms with Crippen LogP contribution in [0.3, 0.4) is 0 Å². The Morgan fingerprint density at radius 2 is 2.32 bits per heavy atom. The zero-order valence-corrected chi connectivity index (χ0v) is 9.71. The Morgan fingerprint density at radius 3 is 2.89 bits per heavy atom. The van der Waals surface area contributed by atoms with Crippen LogP contribution in [0.25, 0.3) is 0 Å². The lowest BCUT2D eigenvalue weighted by molar-refractivity contribution is -0.160. The van der Waals surface area contributed by atoms with Gasteiger partial charge in [0.05, 0.1) is 6.10 Å². The molecule has 9 heteroatoms. The normalized spacial score (nSPS) is 28.2. The third kappa shape index (κ3) is 2.57. The number of carbonyl (C=O) groups is 1. The van der Waals surface area contributed by atoms with Crippen molar-refractivity contribution in [3.8, 4) is 0 Å². The van der Waals surface area contributed by atoms with Crippen molar-refractivity contribution >= 4 is 11.8 Å².